The summed E-state index contributed by atoms with van der Waals surface area (Å²) in [5, 5.41) is 9.06. The zero-order valence-corrected chi connectivity index (χ0v) is 7.66. The highest BCUT2D eigenvalue weighted by atomic mass is 19.1. The Morgan fingerprint density at radius 1 is 1.57 bits per heavy atom. The summed E-state index contributed by atoms with van der Waals surface area (Å²) in [7, 11) is 0. The Morgan fingerprint density at radius 2 is 2.36 bits per heavy atom. The van der Waals surface area contributed by atoms with Crippen molar-refractivity contribution in [2.75, 3.05) is 6.61 Å². The number of hydrogen-bond donors (Lipinski definition) is 2. The third kappa shape index (κ3) is 1.47. The molecule has 1 aliphatic rings. The van der Waals surface area contributed by atoms with Crippen molar-refractivity contribution in [2.45, 2.75) is 19.1 Å². The van der Waals surface area contributed by atoms with Crippen molar-refractivity contribution >= 4 is 0 Å². The molecule has 0 aromatic heterocycles. The van der Waals surface area contributed by atoms with Gasteiger partial charge >= 0.3 is 0 Å². The van der Waals surface area contributed by atoms with Gasteiger partial charge in [-0.1, -0.05) is 0 Å². The molecule has 0 aliphatic carbocycles. The molecule has 76 valence electrons. The Bertz CT molecular complexity index is 337. The lowest BCUT2D eigenvalue weighted by atomic mass is 9.96. The number of aliphatic hydroxyl groups excluding tert-OH is 1. The first-order chi connectivity index (χ1) is 6.72. The van der Waals surface area contributed by atoms with Crippen molar-refractivity contribution in [3.63, 3.8) is 0 Å². The van der Waals surface area contributed by atoms with E-state index >= 15 is 0 Å². The number of nitrogens with two attached hydrogens (primary N) is 1. The van der Waals surface area contributed by atoms with Crippen LogP contribution < -0.4 is 10.5 Å². The summed E-state index contributed by atoms with van der Waals surface area (Å²) in [5.74, 6) is 0.0645. The molecule has 3 nitrogen and oxygen atoms in total. The zero-order chi connectivity index (χ0) is 10.1. The van der Waals surface area contributed by atoms with Crippen molar-refractivity contribution in [1.29, 1.82) is 0 Å². The fourth-order valence-electron chi connectivity index (χ4n) is 1.76. The minimum Gasteiger partial charge on any atom is -0.493 e. The second-order valence-corrected chi connectivity index (χ2v) is 3.38. The number of ether oxygens (including phenoxy) is 1. The van der Waals surface area contributed by atoms with Gasteiger partial charge in [-0.05, 0) is 11.6 Å². The molecule has 0 fully saturated rings. The first-order valence-corrected chi connectivity index (χ1v) is 4.54. The summed E-state index contributed by atoms with van der Waals surface area (Å²) in [6.07, 6.45) is 0.700. The third-order valence-electron chi connectivity index (χ3n) is 2.42. The Hall–Kier alpha value is -1.13. The number of rotatable bonds is 1. The predicted octanol–water partition coefficient (Wildman–Crippen LogP) is 1.10. The van der Waals surface area contributed by atoms with E-state index in [9.17, 15) is 4.39 Å². The lowest BCUT2D eigenvalue weighted by Gasteiger charge is -2.25. The van der Waals surface area contributed by atoms with E-state index in [1.807, 2.05) is 0 Å². The van der Waals surface area contributed by atoms with Crippen LogP contribution >= 0.6 is 0 Å². The smallest absolute Gasteiger partial charge is 0.127 e. The summed E-state index contributed by atoms with van der Waals surface area (Å²) >= 11 is 0. The Labute approximate surface area is 81.3 Å². The van der Waals surface area contributed by atoms with Crippen LogP contribution in [0.4, 0.5) is 4.39 Å². The van der Waals surface area contributed by atoms with Crippen LogP contribution in [0.1, 0.15) is 23.6 Å². The lowest BCUT2D eigenvalue weighted by Crippen LogP contribution is -2.22. The van der Waals surface area contributed by atoms with Gasteiger partial charge in [-0.2, -0.15) is 0 Å². The number of hydrogen-bond acceptors (Lipinski definition) is 3. The molecule has 4 heteroatoms. The summed E-state index contributed by atoms with van der Waals surface area (Å²) in [6.45, 7) is 0.291. The lowest BCUT2D eigenvalue weighted by molar-refractivity contribution is 0.252. The van der Waals surface area contributed by atoms with Crippen LogP contribution in [0, 0.1) is 5.82 Å². The molecule has 0 amide bonds. The van der Waals surface area contributed by atoms with E-state index in [4.69, 9.17) is 15.6 Å². The molecular weight excluding hydrogens is 185 g/mol. The molecule has 0 radical (unpaired) electrons. The Balaban J connectivity index is 2.55. The predicted molar refractivity (Wildman–Crippen MR) is 49.4 cm³/mol. The van der Waals surface area contributed by atoms with E-state index < -0.39 is 5.82 Å². The molecule has 3 N–H and O–H groups in total. The molecule has 1 atom stereocenters. The van der Waals surface area contributed by atoms with Gasteiger partial charge < -0.3 is 15.6 Å². The monoisotopic (exact) mass is 197 g/mol. The summed E-state index contributed by atoms with van der Waals surface area (Å²) in [4.78, 5) is 0. The van der Waals surface area contributed by atoms with Crippen LogP contribution in [-0.4, -0.2) is 11.7 Å². The molecule has 1 aromatic rings. The summed E-state index contributed by atoms with van der Waals surface area (Å²) < 4.78 is 18.3. The number of halogens is 1. The highest BCUT2D eigenvalue weighted by molar-refractivity contribution is 5.44. The minimum atomic E-state index is -0.401. The van der Waals surface area contributed by atoms with Gasteiger partial charge in [0, 0.05) is 24.1 Å². The average molecular weight is 197 g/mol. The maximum Gasteiger partial charge on any atom is 0.127 e. The quantitative estimate of drug-likeness (QED) is 0.708. The fourth-order valence-corrected chi connectivity index (χ4v) is 1.76. The summed E-state index contributed by atoms with van der Waals surface area (Å²) in [6, 6.07) is 2.45. The van der Waals surface area contributed by atoms with Crippen molar-refractivity contribution in [2.24, 2.45) is 5.73 Å². The zero-order valence-electron chi connectivity index (χ0n) is 7.66. The van der Waals surface area contributed by atoms with Crippen LogP contribution in [-0.2, 0) is 6.61 Å². The van der Waals surface area contributed by atoms with Crippen molar-refractivity contribution < 1.29 is 14.2 Å². The molecule has 1 aliphatic heterocycles. The van der Waals surface area contributed by atoms with Gasteiger partial charge in [0.05, 0.1) is 13.2 Å². The van der Waals surface area contributed by atoms with Crippen molar-refractivity contribution in [3.8, 4) is 5.75 Å². The van der Waals surface area contributed by atoms with Crippen LogP contribution in [0.3, 0.4) is 0 Å². The van der Waals surface area contributed by atoms with E-state index in [1.165, 1.54) is 12.1 Å². The second-order valence-electron chi connectivity index (χ2n) is 3.38. The number of fused-ring (bicyclic) bond motifs is 1. The summed E-state index contributed by atoms with van der Waals surface area (Å²) in [5.41, 5.74) is 7.12. The SMILES string of the molecule is NC1CCOc2cc(F)cc(CO)c21. The number of benzene rings is 1. The Kier molecular flexibility index (Phi) is 2.39. The van der Waals surface area contributed by atoms with Crippen molar-refractivity contribution in [3.05, 3.63) is 29.1 Å². The van der Waals surface area contributed by atoms with Crippen LogP contribution in [0.5, 0.6) is 5.75 Å². The highest BCUT2D eigenvalue weighted by Crippen LogP contribution is 2.34. The molecule has 1 aromatic carbocycles. The van der Waals surface area contributed by atoms with E-state index in [-0.39, 0.29) is 12.6 Å². The minimum absolute atomic E-state index is 0.165. The molecule has 0 saturated carbocycles. The van der Waals surface area contributed by atoms with Gasteiger partial charge in [-0.3, -0.25) is 0 Å². The van der Waals surface area contributed by atoms with Gasteiger partial charge in [-0.25, -0.2) is 4.39 Å². The normalized spacial score (nSPS) is 20.1. The fraction of sp³-hybridized carbons (Fsp3) is 0.400. The standard InChI is InChI=1S/C10H12FNO2/c11-7-3-6(5-13)10-8(12)1-2-14-9(10)4-7/h3-4,8,13H,1-2,5,12H2. The second kappa shape index (κ2) is 3.55. The largest absolute Gasteiger partial charge is 0.493 e. The van der Waals surface area contributed by atoms with Gasteiger partial charge in [0.2, 0.25) is 0 Å². The molecular formula is C10H12FNO2. The maximum absolute atomic E-state index is 13.0. The van der Waals surface area contributed by atoms with Crippen LogP contribution in [0.15, 0.2) is 12.1 Å². The first kappa shape index (κ1) is 9.43. The van der Waals surface area contributed by atoms with Crippen LogP contribution in [0.25, 0.3) is 0 Å². The average Bonchev–Trinajstić information content (AvgIpc) is 2.16. The van der Waals surface area contributed by atoms with Gasteiger partial charge in [0.25, 0.3) is 0 Å². The first-order valence-electron chi connectivity index (χ1n) is 4.54. The maximum atomic E-state index is 13.0. The molecule has 2 rings (SSSR count). The molecule has 0 saturated heterocycles. The molecule has 1 unspecified atom stereocenters. The molecule has 0 spiro atoms. The van der Waals surface area contributed by atoms with E-state index in [2.05, 4.69) is 0 Å². The molecule has 0 bridgehead atoms. The van der Waals surface area contributed by atoms with Crippen LogP contribution in [0.2, 0.25) is 0 Å². The molecule has 14 heavy (non-hydrogen) atoms. The third-order valence-corrected chi connectivity index (χ3v) is 2.42. The van der Waals surface area contributed by atoms with Gasteiger partial charge in [0.1, 0.15) is 11.6 Å². The van der Waals surface area contributed by atoms with E-state index in [1.54, 1.807) is 0 Å². The number of aliphatic hydroxyl groups is 1. The molecule has 1 heterocycles. The van der Waals surface area contributed by atoms with Gasteiger partial charge in [-0.15, -0.1) is 0 Å². The van der Waals surface area contributed by atoms with E-state index in [0.29, 0.717) is 24.3 Å². The topological polar surface area (TPSA) is 55.5 Å². The Morgan fingerprint density at radius 3 is 3.07 bits per heavy atom. The highest BCUT2D eigenvalue weighted by Gasteiger charge is 2.22. The van der Waals surface area contributed by atoms with E-state index in [0.717, 1.165) is 5.56 Å². The van der Waals surface area contributed by atoms with Gasteiger partial charge in [0.15, 0.2) is 0 Å². The van der Waals surface area contributed by atoms with Crippen molar-refractivity contribution in [1.82, 2.24) is 0 Å².